The Morgan fingerprint density at radius 3 is 2.52 bits per heavy atom. The number of halogens is 2. The second-order valence-corrected chi connectivity index (χ2v) is 7.53. The molecule has 0 aliphatic rings. The van der Waals surface area contributed by atoms with Gasteiger partial charge in [-0.25, -0.2) is 17.2 Å². The Labute approximate surface area is 156 Å². The zero-order chi connectivity index (χ0) is 20.2. The summed E-state index contributed by atoms with van der Waals surface area (Å²) < 4.78 is 59.3. The lowest BCUT2D eigenvalue weighted by Crippen LogP contribution is -2.41. The zero-order valence-electron chi connectivity index (χ0n) is 15.0. The molecule has 2 N–H and O–H groups in total. The number of nitrogens with one attached hydrogen (secondary N) is 2. The maximum Gasteiger partial charge on any atom is 0.242 e. The van der Waals surface area contributed by atoms with Gasteiger partial charge in [0.2, 0.25) is 15.9 Å². The standard InChI is InChI=1S/C18H20F2N2O4S/c1-4-26-17-8-6-14(9-11(17)2)27(24,25)22-12(3)18(23)21-16-10-13(19)5-7-15(16)20/h5-10,12,22H,4H2,1-3H3,(H,21,23). The molecule has 0 radical (unpaired) electrons. The van der Waals surface area contributed by atoms with Crippen molar-refractivity contribution in [3.05, 3.63) is 53.6 Å². The number of hydrogen-bond donors (Lipinski definition) is 2. The Balaban J connectivity index is 2.13. The minimum absolute atomic E-state index is 0.0416. The number of aryl methyl sites for hydroxylation is 1. The van der Waals surface area contributed by atoms with E-state index in [0.29, 0.717) is 17.9 Å². The van der Waals surface area contributed by atoms with E-state index in [-0.39, 0.29) is 10.6 Å². The van der Waals surface area contributed by atoms with Crippen LogP contribution in [-0.4, -0.2) is 27.0 Å². The molecule has 0 saturated heterocycles. The third-order valence-corrected chi connectivity index (χ3v) is 5.21. The molecule has 9 heteroatoms. The number of amides is 1. The van der Waals surface area contributed by atoms with Crippen LogP contribution in [0.1, 0.15) is 19.4 Å². The van der Waals surface area contributed by atoms with Gasteiger partial charge < -0.3 is 10.1 Å². The molecule has 0 aromatic heterocycles. The van der Waals surface area contributed by atoms with E-state index >= 15 is 0 Å². The van der Waals surface area contributed by atoms with E-state index < -0.39 is 33.6 Å². The Kier molecular flexibility index (Phi) is 6.50. The van der Waals surface area contributed by atoms with Gasteiger partial charge in [-0.2, -0.15) is 4.72 Å². The van der Waals surface area contributed by atoms with Crippen LogP contribution in [0.25, 0.3) is 0 Å². The van der Waals surface area contributed by atoms with Crippen LogP contribution in [0.15, 0.2) is 41.3 Å². The molecule has 0 aliphatic heterocycles. The van der Waals surface area contributed by atoms with Crippen molar-refractivity contribution < 1.29 is 26.7 Å². The number of benzene rings is 2. The maximum atomic E-state index is 13.6. The van der Waals surface area contributed by atoms with Crippen LogP contribution in [0, 0.1) is 18.6 Å². The topological polar surface area (TPSA) is 84.5 Å². The summed E-state index contributed by atoms with van der Waals surface area (Å²) in [7, 11) is -4.00. The minimum Gasteiger partial charge on any atom is -0.494 e. The summed E-state index contributed by atoms with van der Waals surface area (Å²) in [6, 6.07) is 5.67. The van der Waals surface area contributed by atoms with Crippen molar-refractivity contribution in [1.29, 1.82) is 0 Å². The predicted octanol–water partition coefficient (Wildman–Crippen LogP) is 2.98. The fourth-order valence-electron chi connectivity index (χ4n) is 2.30. The van der Waals surface area contributed by atoms with Crippen molar-refractivity contribution >= 4 is 21.6 Å². The highest BCUT2D eigenvalue weighted by Crippen LogP contribution is 2.22. The van der Waals surface area contributed by atoms with Crippen LogP contribution in [0.4, 0.5) is 14.5 Å². The van der Waals surface area contributed by atoms with Gasteiger partial charge >= 0.3 is 0 Å². The van der Waals surface area contributed by atoms with Crippen LogP contribution >= 0.6 is 0 Å². The van der Waals surface area contributed by atoms with Gasteiger partial charge in [-0.1, -0.05) is 0 Å². The summed E-state index contributed by atoms with van der Waals surface area (Å²) in [6.45, 7) is 5.25. The van der Waals surface area contributed by atoms with E-state index in [9.17, 15) is 22.0 Å². The SMILES string of the molecule is CCOc1ccc(S(=O)(=O)NC(C)C(=O)Nc2cc(F)ccc2F)cc1C. The quantitative estimate of drug-likeness (QED) is 0.751. The average molecular weight is 398 g/mol. The van der Waals surface area contributed by atoms with E-state index in [4.69, 9.17) is 4.74 Å². The molecule has 0 fully saturated rings. The highest BCUT2D eigenvalue weighted by atomic mass is 32.2. The summed E-state index contributed by atoms with van der Waals surface area (Å²) in [4.78, 5) is 12.1. The molecule has 0 aliphatic carbocycles. The van der Waals surface area contributed by atoms with Gasteiger partial charge in [0.1, 0.15) is 17.4 Å². The highest BCUT2D eigenvalue weighted by molar-refractivity contribution is 7.89. The number of rotatable bonds is 7. The van der Waals surface area contributed by atoms with Crippen molar-refractivity contribution in [1.82, 2.24) is 4.72 Å². The average Bonchev–Trinajstić information content (AvgIpc) is 2.59. The first-order chi connectivity index (χ1) is 12.6. The number of anilines is 1. The molecular formula is C18H20F2N2O4S. The number of carbonyl (C=O) groups is 1. The molecule has 2 aromatic carbocycles. The summed E-state index contributed by atoms with van der Waals surface area (Å²) in [5.41, 5.74) is 0.252. The molecule has 1 unspecified atom stereocenters. The third-order valence-electron chi connectivity index (χ3n) is 3.67. The van der Waals surface area contributed by atoms with Gasteiger partial charge in [0.15, 0.2) is 0 Å². The van der Waals surface area contributed by atoms with Crippen molar-refractivity contribution in [3.63, 3.8) is 0 Å². The molecule has 0 spiro atoms. The summed E-state index contributed by atoms with van der Waals surface area (Å²) >= 11 is 0. The van der Waals surface area contributed by atoms with Crippen LogP contribution in [0.3, 0.4) is 0 Å². The molecule has 146 valence electrons. The summed E-state index contributed by atoms with van der Waals surface area (Å²) in [5.74, 6) is -1.83. The van der Waals surface area contributed by atoms with Crippen LogP contribution in [0.5, 0.6) is 5.75 Å². The van der Waals surface area contributed by atoms with Gasteiger partial charge in [-0.05, 0) is 56.7 Å². The smallest absolute Gasteiger partial charge is 0.242 e. The Morgan fingerprint density at radius 1 is 1.19 bits per heavy atom. The second kappa shape index (κ2) is 8.45. The Morgan fingerprint density at radius 2 is 1.89 bits per heavy atom. The number of sulfonamides is 1. The third kappa shape index (κ3) is 5.24. The Hall–Kier alpha value is -2.52. The van der Waals surface area contributed by atoms with E-state index in [0.717, 1.165) is 18.2 Å². The fraction of sp³-hybridized carbons (Fsp3) is 0.278. The van der Waals surface area contributed by atoms with Crippen molar-refractivity contribution in [2.75, 3.05) is 11.9 Å². The van der Waals surface area contributed by atoms with E-state index in [1.807, 2.05) is 6.92 Å². The van der Waals surface area contributed by atoms with Crippen LogP contribution in [-0.2, 0) is 14.8 Å². The zero-order valence-corrected chi connectivity index (χ0v) is 15.9. The molecule has 0 bridgehead atoms. The van der Waals surface area contributed by atoms with Gasteiger partial charge in [0.25, 0.3) is 0 Å². The first-order valence-corrected chi connectivity index (χ1v) is 9.64. The highest BCUT2D eigenvalue weighted by Gasteiger charge is 2.23. The minimum atomic E-state index is -4.00. The van der Waals surface area contributed by atoms with Crippen molar-refractivity contribution in [2.24, 2.45) is 0 Å². The van der Waals surface area contributed by atoms with Crippen molar-refractivity contribution in [3.8, 4) is 5.75 Å². The van der Waals surface area contributed by atoms with Gasteiger partial charge in [-0.15, -0.1) is 0 Å². The second-order valence-electron chi connectivity index (χ2n) is 5.82. The summed E-state index contributed by atoms with van der Waals surface area (Å²) in [6.07, 6.45) is 0. The van der Waals surface area contributed by atoms with Gasteiger partial charge in [0, 0.05) is 6.07 Å². The van der Waals surface area contributed by atoms with E-state index in [1.165, 1.54) is 25.1 Å². The van der Waals surface area contributed by atoms with Gasteiger partial charge in [0.05, 0.1) is 23.2 Å². The predicted molar refractivity (Wildman–Crippen MR) is 97.1 cm³/mol. The lowest BCUT2D eigenvalue weighted by molar-refractivity contribution is -0.117. The number of ether oxygens (including phenoxy) is 1. The Bertz CT molecular complexity index is 948. The van der Waals surface area contributed by atoms with Crippen LogP contribution in [0.2, 0.25) is 0 Å². The molecule has 1 atom stereocenters. The van der Waals surface area contributed by atoms with E-state index in [1.54, 1.807) is 6.92 Å². The van der Waals surface area contributed by atoms with Crippen LogP contribution < -0.4 is 14.8 Å². The normalized spacial score (nSPS) is 12.5. The summed E-state index contributed by atoms with van der Waals surface area (Å²) in [5, 5.41) is 2.16. The fourth-order valence-corrected chi connectivity index (χ4v) is 3.58. The number of hydrogen-bond acceptors (Lipinski definition) is 4. The molecule has 0 heterocycles. The maximum absolute atomic E-state index is 13.6. The molecular weight excluding hydrogens is 378 g/mol. The first kappa shape index (κ1) is 20.8. The molecule has 1 amide bonds. The number of carbonyl (C=O) groups excluding carboxylic acids is 1. The van der Waals surface area contributed by atoms with Crippen molar-refractivity contribution in [2.45, 2.75) is 31.7 Å². The lowest BCUT2D eigenvalue weighted by atomic mass is 10.2. The molecule has 6 nitrogen and oxygen atoms in total. The molecule has 27 heavy (non-hydrogen) atoms. The van der Waals surface area contributed by atoms with E-state index in [2.05, 4.69) is 10.0 Å². The molecule has 2 aromatic rings. The lowest BCUT2D eigenvalue weighted by Gasteiger charge is -2.16. The monoisotopic (exact) mass is 398 g/mol. The van der Waals surface area contributed by atoms with Gasteiger partial charge in [-0.3, -0.25) is 4.79 Å². The molecule has 2 rings (SSSR count). The molecule has 0 saturated carbocycles. The first-order valence-electron chi connectivity index (χ1n) is 8.15. The largest absolute Gasteiger partial charge is 0.494 e.